The Labute approximate surface area is 336 Å². The number of amides is 8. The van der Waals surface area contributed by atoms with Crippen LogP contribution in [0.4, 0.5) is 0 Å². The van der Waals surface area contributed by atoms with Crippen molar-refractivity contribution in [3.63, 3.8) is 0 Å². The Kier molecular flexibility index (Phi) is 17.6. The number of carbonyl (C=O) groups is 8. The average molecular weight is 803 g/mol. The third-order valence-corrected chi connectivity index (χ3v) is 9.45. The zero-order valence-corrected chi connectivity index (χ0v) is 32.9. The number of nitrogens with zero attached hydrogens (tertiary/aromatic N) is 1. The summed E-state index contributed by atoms with van der Waals surface area (Å²) < 4.78 is 0. The minimum Gasteiger partial charge on any atom is -0.356 e. The van der Waals surface area contributed by atoms with Gasteiger partial charge in [-0.25, -0.2) is 4.98 Å². The average Bonchev–Trinajstić information content (AvgIpc) is 3.72. The zero-order chi connectivity index (χ0) is 41.9. The number of carbonyl (C=O) groups excluding carboxylic acids is 8. The normalized spacial score (nSPS) is 20.3. The van der Waals surface area contributed by atoms with Crippen LogP contribution in [0.1, 0.15) is 70.1 Å². The lowest BCUT2D eigenvalue weighted by Crippen LogP contribution is -2.59. The number of aromatic amines is 1. The van der Waals surface area contributed by atoms with Crippen molar-refractivity contribution in [1.29, 1.82) is 0 Å². The van der Waals surface area contributed by atoms with Crippen LogP contribution in [0.2, 0.25) is 0 Å². The minimum absolute atomic E-state index is 0.00719. The molecular weight excluding hydrogens is 749 g/mol. The van der Waals surface area contributed by atoms with Gasteiger partial charge in [0, 0.05) is 51.2 Å². The van der Waals surface area contributed by atoms with Crippen molar-refractivity contribution in [3.05, 3.63) is 66.2 Å². The zero-order valence-electron chi connectivity index (χ0n) is 32.9. The Bertz CT molecular complexity index is 1900. The summed E-state index contributed by atoms with van der Waals surface area (Å²) in [5.74, 6) is -4.76. The van der Waals surface area contributed by atoms with Gasteiger partial charge in [-0.2, -0.15) is 0 Å². The van der Waals surface area contributed by atoms with Gasteiger partial charge in [-0.1, -0.05) is 62.2 Å². The molecule has 0 spiro atoms. The number of H-pyrrole nitrogens is 1. The number of rotatable bonds is 10. The van der Waals surface area contributed by atoms with Crippen molar-refractivity contribution in [2.75, 3.05) is 26.2 Å². The van der Waals surface area contributed by atoms with E-state index in [4.69, 9.17) is 0 Å². The number of hydrogen-bond acceptors (Lipinski definition) is 9. The van der Waals surface area contributed by atoms with Gasteiger partial charge in [0.05, 0.1) is 19.4 Å². The van der Waals surface area contributed by atoms with Gasteiger partial charge in [-0.3, -0.25) is 38.4 Å². The first-order valence-corrected chi connectivity index (χ1v) is 19.6. The molecule has 1 saturated heterocycles. The molecule has 0 saturated carbocycles. The van der Waals surface area contributed by atoms with E-state index in [9.17, 15) is 38.4 Å². The topological polar surface area (TPSA) is 261 Å². The van der Waals surface area contributed by atoms with Gasteiger partial charge < -0.3 is 47.5 Å². The second kappa shape index (κ2) is 23.0. The molecule has 2 aromatic carbocycles. The third-order valence-electron chi connectivity index (χ3n) is 9.45. The van der Waals surface area contributed by atoms with E-state index in [-0.39, 0.29) is 38.8 Å². The number of nitrogens with one attached hydrogen (secondary N) is 9. The number of aromatic nitrogens is 2. The number of imidazole rings is 1. The van der Waals surface area contributed by atoms with E-state index in [1.807, 2.05) is 49.4 Å². The standard InChI is InChI=1S/C40H54N10O8/c1-3-4-11-30(47-25(2)51)38(56)48-31-14-15-34(52)42-16-7-8-17-43-35(53)22-44-36(54)23-45-37(55)32(19-26-12-13-27-9-5-6-10-28(27)18-26)49-40(58)33(50-39(31)57)20-29-21-41-24-46-29/h5-6,9-10,12-13,18,21,24,30-33H,3-4,7-8,11,14-17,19-20,22-23H2,1-2H3,(H,41,46)(H,42,52)(H,43,53)(H,44,54)(H,45,55)(H,47,51)(H,48,56)(H,49,58)(H,50,57)/t30-,31+,32-,33+/m1/s1. The van der Waals surface area contributed by atoms with Crippen molar-refractivity contribution in [1.82, 2.24) is 52.5 Å². The molecule has 1 aliphatic rings. The molecule has 0 unspecified atom stereocenters. The van der Waals surface area contributed by atoms with Gasteiger partial charge in [0.2, 0.25) is 47.3 Å². The highest BCUT2D eigenvalue weighted by Gasteiger charge is 2.32. The Hall–Kier alpha value is -6.33. The van der Waals surface area contributed by atoms with Gasteiger partial charge in [0.25, 0.3) is 0 Å². The second-order valence-corrected chi connectivity index (χ2v) is 14.2. The maximum atomic E-state index is 14.2. The van der Waals surface area contributed by atoms with Gasteiger partial charge in [-0.05, 0) is 42.0 Å². The van der Waals surface area contributed by atoms with Crippen LogP contribution in [-0.2, 0) is 51.2 Å². The smallest absolute Gasteiger partial charge is 0.243 e. The molecule has 0 bridgehead atoms. The van der Waals surface area contributed by atoms with E-state index >= 15 is 0 Å². The molecule has 1 aliphatic heterocycles. The molecule has 2 heterocycles. The summed E-state index contributed by atoms with van der Waals surface area (Å²) in [6.07, 6.45) is 5.18. The molecule has 1 aromatic heterocycles. The summed E-state index contributed by atoms with van der Waals surface area (Å²) in [5.41, 5.74) is 1.17. The number of hydrogen-bond donors (Lipinski definition) is 9. The first kappa shape index (κ1) is 44.4. The van der Waals surface area contributed by atoms with E-state index in [0.29, 0.717) is 43.5 Å². The highest BCUT2D eigenvalue weighted by atomic mass is 16.2. The lowest BCUT2D eigenvalue weighted by atomic mass is 10.0. The monoisotopic (exact) mass is 802 g/mol. The lowest BCUT2D eigenvalue weighted by molar-refractivity contribution is -0.135. The molecule has 312 valence electrons. The summed E-state index contributed by atoms with van der Waals surface area (Å²) in [5, 5.41) is 23.1. The first-order chi connectivity index (χ1) is 27.9. The molecule has 4 rings (SSSR count). The number of benzene rings is 2. The van der Waals surface area contributed by atoms with E-state index in [1.54, 1.807) is 0 Å². The predicted octanol–water partition coefficient (Wildman–Crippen LogP) is -0.464. The van der Waals surface area contributed by atoms with Crippen LogP contribution >= 0.6 is 0 Å². The molecule has 8 amide bonds. The fraction of sp³-hybridized carbons (Fsp3) is 0.475. The Morgan fingerprint density at radius 1 is 0.793 bits per heavy atom. The Morgan fingerprint density at radius 3 is 2.17 bits per heavy atom. The van der Waals surface area contributed by atoms with Crippen LogP contribution in [0.15, 0.2) is 55.0 Å². The predicted molar refractivity (Wildman–Crippen MR) is 213 cm³/mol. The van der Waals surface area contributed by atoms with Crippen LogP contribution in [0.3, 0.4) is 0 Å². The fourth-order valence-corrected chi connectivity index (χ4v) is 6.31. The van der Waals surface area contributed by atoms with Crippen LogP contribution in [0.5, 0.6) is 0 Å². The first-order valence-electron chi connectivity index (χ1n) is 19.6. The molecule has 1 fully saturated rings. The SMILES string of the molecule is CCCC[C@@H](NC(C)=O)C(=O)N[C@H]1CCC(=O)NCCCCNC(=O)CNC(=O)CNC(=O)[C@@H](Cc2ccc3ccccc3c2)NC(=O)[C@H](Cc2cnc[nH]2)NC1=O. The number of unbranched alkanes of at least 4 members (excludes halogenated alkanes) is 1. The molecule has 58 heavy (non-hydrogen) atoms. The van der Waals surface area contributed by atoms with E-state index in [1.165, 1.54) is 19.4 Å². The van der Waals surface area contributed by atoms with Crippen LogP contribution in [0.25, 0.3) is 10.8 Å². The van der Waals surface area contributed by atoms with Crippen molar-refractivity contribution in [2.24, 2.45) is 0 Å². The van der Waals surface area contributed by atoms with Crippen LogP contribution in [0, 0.1) is 0 Å². The molecular formula is C40H54N10O8. The number of fused-ring (bicyclic) bond motifs is 1. The summed E-state index contributed by atoms with van der Waals surface area (Å²) in [6.45, 7) is 2.98. The van der Waals surface area contributed by atoms with E-state index in [0.717, 1.165) is 17.2 Å². The Balaban J connectivity index is 1.64. The summed E-state index contributed by atoms with van der Waals surface area (Å²) >= 11 is 0. The molecule has 0 aliphatic carbocycles. The van der Waals surface area contributed by atoms with Gasteiger partial charge in [0.15, 0.2) is 0 Å². The molecule has 9 N–H and O–H groups in total. The van der Waals surface area contributed by atoms with Crippen molar-refractivity contribution >= 4 is 58.0 Å². The van der Waals surface area contributed by atoms with Gasteiger partial charge in [0.1, 0.15) is 24.2 Å². The summed E-state index contributed by atoms with van der Waals surface area (Å²) in [6, 6.07) is 8.41. The van der Waals surface area contributed by atoms with Crippen LogP contribution < -0.4 is 42.5 Å². The molecule has 0 radical (unpaired) electrons. The summed E-state index contributed by atoms with van der Waals surface area (Å²) in [7, 11) is 0. The largest absolute Gasteiger partial charge is 0.356 e. The molecule has 18 heteroatoms. The summed E-state index contributed by atoms with van der Waals surface area (Å²) in [4.78, 5) is 112. The van der Waals surface area contributed by atoms with Crippen LogP contribution in [-0.4, -0.2) is 108 Å². The molecule has 4 atom stereocenters. The lowest BCUT2D eigenvalue weighted by Gasteiger charge is -2.26. The van der Waals surface area contributed by atoms with E-state index in [2.05, 4.69) is 52.5 Å². The van der Waals surface area contributed by atoms with Crippen molar-refractivity contribution in [2.45, 2.75) is 95.8 Å². The maximum Gasteiger partial charge on any atom is 0.243 e. The minimum atomic E-state index is -1.32. The van der Waals surface area contributed by atoms with Crippen molar-refractivity contribution < 1.29 is 38.4 Å². The molecule has 3 aromatic rings. The fourth-order valence-electron chi connectivity index (χ4n) is 6.31. The highest BCUT2D eigenvalue weighted by Crippen LogP contribution is 2.17. The van der Waals surface area contributed by atoms with Gasteiger partial charge >= 0.3 is 0 Å². The van der Waals surface area contributed by atoms with E-state index < -0.39 is 78.0 Å². The molecule has 18 nitrogen and oxygen atoms in total. The Morgan fingerprint density at radius 2 is 1.47 bits per heavy atom. The van der Waals surface area contributed by atoms with Gasteiger partial charge in [-0.15, -0.1) is 0 Å². The maximum absolute atomic E-state index is 14.2. The van der Waals surface area contributed by atoms with Crippen molar-refractivity contribution in [3.8, 4) is 0 Å². The quantitative estimate of drug-likeness (QED) is 0.128. The third kappa shape index (κ3) is 15.0. The second-order valence-electron chi connectivity index (χ2n) is 14.2. The highest BCUT2D eigenvalue weighted by molar-refractivity contribution is 5.96.